The molecule has 1 spiro atoms. The molecule has 0 aliphatic carbocycles. The zero-order valence-electron chi connectivity index (χ0n) is 20.1. The minimum absolute atomic E-state index is 0.00563. The number of carbonyl (C=O) groups is 3. The number of para-hydroxylation sites is 1. The topological polar surface area (TPSA) is 82.2 Å². The number of likely N-dealkylation sites (tertiary alicyclic amines) is 1. The molecular formula is C27H28N4O4S. The minimum atomic E-state index is -0.788. The SMILES string of the molecule is COc1cccc(NC(=O)CN2CN(c3ccccc3)C3(CCN(C(=O)c4cccs4)CC3)C2=O)c1. The molecule has 0 saturated carbocycles. The number of hydrogen-bond acceptors (Lipinski definition) is 6. The molecule has 1 N–H and O–H groups in total. The Bertz CT molecular complexity index is 1240. The van der Waals surface area contributed by atoms with E-state index >= 15 is 0 Å². The van der Waals surface area contributed by atoms with Crippen molar-refractivity contribution in [3.8, 4) is 5.75 Å². The second kappa shape index (κ2) is 10.0. The number of ether oxygens (including phenoxy) is 1. The van der Waals surface area contributed by atoms with Gasteiger partial charge in [0.15, 0.2) is 0 Å². The Morgan fingerprint density at radius 2 is 1.81 bits per heavy atom. The van der Waals surface area contributed by atoms with E-state index in [1.807, 2.05) is 52.7 Å². The summed E-state index contributed by atoms with van der Waals surface area (Å²) in [6.07, 6.45) is 1.01. The average Bonchev–Trinajstić information content (AvgIpc) is 3.53. The van der Waals surface area contributed by atoms with Crippen LogP contribution in [-0.2, 0) is 9.59 Å². The summed E-state index contributed by atoms with van der Waals surface area (Å²) >= 11 is 1.43. The molecule has 2 aliphatic heterocycles. The van der Waals surface area contributed by atoms with Gasteiger partial charge in [0.1, 0.15) is 17.8 Å². The number of hydrogen-bond donors (Lipinski definition) is 1. The molecule has 3 aromatic rings. The number of carbonyl (C=O) groups excluding carboxylic acids is 3. The van der Waals surface area contributed by atoms with Crippen LogP contribution in [0.1, 0.15) is 22.5 Å². The highest BCUT2D eigenvalue weighted by molar-refractivity contribution is 7.12. The maximum absolute atomic E-state index is 13.8. The van der Waals surface area contributed by atoms with Crippen molar-refractivity contribution in [2.24, 2.45) is 0 Å². The van der Waals surface area contributed by atoms with Gasteiger partial charge >= 0.3 is 0 Å². The van der Waals surface area contributed by atoms with Crippen molar-refractivity contribution in [1.82, 2.24) is 9.80 Å². The number of nitrogens with one attached hydrogen (secondary N) is 1. The van der Waals surface area contributed by atoms with Crippen LogP contribution in [0.4, 0.5) is 11.4 Å². The van der Waals surface area contributed by atoms with E-state index in [2.05, 4.69) is 10.2 Å². The lowest BCUT2D eigenvalue weighted by atomic mass is 9.85. The number of amides is 3. The summed E-state index contributed by atoms with van der Waals surface area (Å²) in [5.74, 6) is 0.302. The normalized spacial score (nSPS) is 16.9. The van der Waals surface area contributed by atoms with Gasteiger partial charge < -0.3 is 24.8 Å². The largest absolute Gasteiger partial charge is 0.497 e. The summed E-state index contributed by atoms with van der Waals surface area (Å²) < 4.78 is 5.22. The van der Waals surface area contributed by atoms with Crippen LogP contribution in [0.25, 0.3) is 0 Å². The Morgan fingerprint density at radius 1 is 1.03 bits per heavy atom. The molecule has 2 saturated heterocycles. The van der Waals surface area contributed by atoms with Gasteiger partial charge in [-0.3, -0.25) is 14.4 Å². The third-order valence-electron chi connectivity index (χ3n) is 6.88. The molecule has 0 unspecified atom stereocenters. The molecule has 0 bridgehead atoms. The Balaban J connectivity index is 1.33. The first-order valence-corrected chi connectivity index (χ1v) is 12.8. The predicted molar refractivity (Wildman–Crippen MR) is 139 cm³/mol. The summed E-state index contributed by atoms with van der Waals surface area (Å²) in [4.78, 5) is 45.9. The molecule has 186 valence electrons. The van der Waals surface area contributed by atoms with Gasteiger partial charge in [0.2, 0.25) is 5.91 Å². The number of nitrogens with zero attached hydrogens (tertiary/aromatic N) is 3. The Kier molecular flexibility index (Phi) is 6.65. The van der Waals surface area contributed by atoms with Crippen molar-refractivity contribution in [1.29, 1.82) is 0 Å². The van der Waals surface area contributed by atoms with Crippen LogP contribution in [0.3, 0.4) is 0 Å². The van der Waals surface area contributed by atoms with Crippen LogP contribution in [0, 0.1) is 0 Å². The van der Waals surface area contributed by atoms with E-state index in [1.165, 1.54) is 11.3 Å². The molecule has 2 fully saturated rings. The van der Waals surface area contributed by atoms with E-state index in [4.69, 9.17) is 4.74 Å². The Hall–Kier alpha value is -3.85. The lowest BCUT2D eigenvalue weighted by Gasteiger charge is -2.43. The fourth-order valence-corrected chi connectivity index (χ4v) is 5.72. The van der Waals surface area contributed by atoms with E-state index < -0.39 is 5.54 Å². The van der Waals surface area contributed by atoms with Crippen LogP contribution in [-0.4, -0.2) is 66.5 Å². The lowest BCUT2D eigenvalue weighted by molar-refractivity contribution is -0.136. The summed E-state index contributed by atoms with van der Waals surface area (Å²) in [5, 5.41) is 4.76. The van der Waals surface area contributed by atoms with Gasteiger partial charge in [-0.1, -0.05) is 30.3 Å². The van der Waals surface area contributed by atoms with Crippen molar-refractivity contribution >= 4 is 40.4 Å². The van der Waals surface area contributed by atoms with Crippen LogP contribution < -0.4 is 15.0 Å². The maximum Gasteiger partial charge on any atom is 0.263 e. The smallest absolute Gasteiger partial charge is 0.263 e. The van der Waals surface area contributed by atoms with Crippen molar-refractivity contribution in [2.75, 3.05) is 43.6 Å². The van der Waals surface area contributed by atoms with Gasteiger partial charge in [0.25, 0.3) is 11.8 Å². The van der Waals surface area contributed by atoms with Crippen LogP contribution >= 0.6 is 11.3 Å². The van der Waals surface area contributed by atoms with Crippen LogP contribution in [0.5, 0.6) is 5.75 Å². The van der Waals surface area contributed by atoms with Crippen molar-refractivity contribution < 1.29 is 19.1 Å². The zero-order valence-corrected chi connectivity index (χ0v) is 20.9. The molecule has 3 amide bonds. The maximum atomic E-state index is 13.8. The molecular weight excluding hydrogens is 476 g/mol. The monoisotopic (exact) mass is 504 g/mol. The zero-order chi connectivity index (χ0) is 25.1. The third-order valence-corrected chi connectivity index (χ3v) is 7.74. The molecule has 9 heteroatoms. The van der Waals surface area contributed by atoms with Gasteiger partial charge in [0.05, 0.1) is 18.7 Å². The summed E-state index contributed by atoms with van der Waals surface area (Å²) in [6.45, 7) is 1.22. The number of piperidine rings is 1. The van der Waals surface area contributed by atoms with Crippen molar-refractivity contribution in [3.63, 3.8) is 0 Å². The van der Waals surface area contributed by atoms with E-state index in [-0.39, 0.29) is 24.3 Å². The molecule has 2 aliphatic rings. The van der Waals surface area contributed by atoms with Gasteiger partial charge in [-0.2, -0.15) is 0 Å². The highest BCUT2D eigenvalue weighted by Gasteiger charge is 2.54. The second-order valence-corrected chi connectivity index (χ2v) is 9.94. The molecule has 3 heterocycles. The quantitative estimate of drug-likeness (QED) is 0.554. The van der Waals surface area contributed by atoms with E-state index in [9.17, 15) is 14.4 Å². The molecule has 0 radical (unpaired) electrons. The Labute approximate surface area is 214 Å². The molecule has 8 nitrogen and oxygen atoms in total. The Morgan fingerprint density at radius 3 is 2.50 bits per heavy atom. The van der Waals surface area contributed by atoms with Crippen LogP contribution in [0.2, 0.25) is 0 Å². The fraction of sp³-hybridized carbons (Fsp3) is 0.296. The van der Waals surface area contributed by atoms with Gasteiger partial charge in [-0.15, -0.1) is 11.3 Å². The third kappa shape index (κ3) is 4.54. The lowest BCUT2D eigenvalue weighted by Crippen LogP contribution is -2.57. The first kappa shape index (κ1) is 23.9. The van der Waals surface area contributed by atoms with E-state index in [0.717, 1.165) is 5.69 Å². The number of benzene rings is 2. The minimum Gasteiger partial charge on any atom is -0.497 e. The van der Waals surface area contributed by atoms with Gasteiger partial charge in [0, 0.05) is 30.5 Å². The number of methoxy groups -OCH3 is 1. The number of thiophene rings is 1. The first-order chi connectivity index (χ1) is 17.5. The molecule has 2 aromatic carbocycles. The second-order valence-electron chi connectivity index (χ2n) is 8.99. The standard InChI is InChI=1S/C27H28N4O4S/c1-35-22-10-5-7-20(17-22)28-24(32)18-30-19-31(21-8-3-2-4-9-21)27(26(30)34)12-14-29(15-13-27)25(33)23-11-6-16-36-23/h2-11,16-17H,12-15,18-19H2,1H3,(H,28,32). The van der Waals surface area contributed by atoms with Crippen molar-refractivity contribution in [3.05, 3.63) is 77.0 Å². The van der Waals surface area contributed by atoms with Crippen LogP contribution in [0.15, 0.2) is 72.1 Å². The molecule has 5 rings (SSSR count). The highest BCUT2D eigenvalue weighted by atomic mass is 32.1. The van der Waals surface area contributed by atoms with E-state index in [0.29, 0.717) is 48.9 Å². The van der Waals surface area contributed by atoms with Crippen molar-refractivity contribution in [2.45, 2.75) is 18.4 Å². The average molecular weight is 505 g/mol. The summed E-state index contributed by atoms with van der Waals surface area (Å²) in [5.41, 5.74) is 0.754. The first-order valence-electron chi connectivity index (χ1n) is 11.9. The van der Waals surface area contributed by atoms with Gasteiger partial charge in [-0.05, 0) is 48.6 Å². The number of rotatable bonds is 6. The highest BCUT2D eigenvalue weighted by Crippen LogP contribution is 2.39. The fourth-order valence-electron chi connectivity index (χ4n) is 5.03. The predicted octanol–water partition coefficient (Wildman–Crippen LogP) is 3.68. The van der Waals surface area contributed by atoms with E-state index in [1.54, 1.807) is 36.3 Å². The summed E-state index contributed by atoms with van der Waals surface area (Å²) in [6, 6.07) is 20.6. The molecule has 1 aromatic heterocycles. The number of anilines is 2. The molecule has 0 atom stereocenters. The summed E-state index contributed by atoms with van der Waals surface area (Å²) in [7, 11) is 1.57. The van der Waals surface area contributed by atoms with Gasteiger partial charge in [-0.25, -0.2) is 0 Å². The molecule has 36 heavy (non-hydrogen) atoms.